The summed E-state index contributed by atoms with van der Waals surface area (Å²) in [6.07, 6.45) is 78.5. The van der Waals surface area contributed by atoms with Gasteiger partial charge in [-0.3, -0.25) is 23.4 Å². The van der Waals surface area contributed by atoms with Gasteiger partial charge in [-0.1, -0.05) is 239 Å². The maximum absolute atomic E-state index is 13.0. The van der Waals surface area contributed by atoms with Crippen molar-refractivity contribution in [1.82, 2.24) is 0 Å². The smallest absolute Gasteiger partial charge is 0.462 e. The molecule has 0 saturated carbocycles. The molecule has 11 nitrogen and oxygen atoms in total. The number of hydrogen-bond donors (Lipinski definition) is 2. The SMILES string of the molecule is CC/C=C\C/C=C\C/C=C\C/C=C\CCCCCCCCC(=O)OC(COC(=O)CCCCCC/C=C\C/C=C\C/C=C\C/C=C\CC)COP(=O)(O)OCC(CO)OC(=O)CCCCCCCCCCC/C=C\C/C=C\CCCCC. The van der Waals surface area contributed by atoms with Gasteiger partial charge in [-0.15, -0.1) is 0 Å². The van der Waals surface area contributed by atoms with E-state index in [-0.39, 0.29) is 25.9 Å². The van der Waals surface area contributed by atoms with Crippen molar-refractivity contribution >= 4 is 25.7 Å². The van der Waals surface area contributed by atoms with E-state index < -0.39 is 57.8 Å². The van der Waals surface area contributed by atoms with E-state index in [1.54, 1.807) is 0 Å². The van der Waals surface area contributed by atoms with E-state index in [1.807, 2.05) is 0 Å². The van der Waals surface area contributed by atoms with Gasteiger partial charge < -0.3 is 24.2 Å². The molecular weight excluding hydrogens is 1050 g/mol. The number of carbonyl (C=O) groups is 3. The van der Waals surface area contributed by atoms with Crippen molar-refractivity contribution in [2.75, 3.05) is 26.4 Å². The molecule has 0 aliphatic rings. The summed E-state index contributed by atoms with van der Waals surface area (Å²) in [6, 6.07) is 0. The van der Waals surface area contributed by atoms with Gasteiger partial charge in [0.15, 0.2) is 6.10 Å². The van der Waals surface area contributed by atoms with Crippen molar-refractivity contribution in [2.24, 2.45) is 0 Å². The van der Waals surface area contributed by atoms with E-state index in [1.165, 1.54) is 57.8 Å². The second kappa shape index (κ2) is 62.9. The van der Waals surface area contributed by atoms with E-state index in [9.17, 15) is 28.9 Å². The fraction of sp³-hybridized carbons (Fsp3) is 0.671. The number of carbonyl (C=O) groups excluding carboxylic acids is 3. The van der Waals surface area contributed by atoms with Gasteiger partial charge in [0.05, 0.1) is 19.8 Å². The first-order valence-corrected chi connectivity index (χ1v) is 33.9. The van der Waals surface area contributed by atoms with Gasteiger partial charge in [-0.25, -0.2) is 4.57 Å². The molecule has 0 fully saturated rings. The third-order valence-corrected chi connectivity index (χ3v) is 14.3. The number of aliphatic hydroxyl groups excluding tert-OH is 1. The van der Waals surface area contributed by atoms with Crippen LogP contribution in [0.4, 0.5) is 0 Å². The molecule has 82 heavy (non-hydrogen) atoms. The summed E-state index contributed by atoms with van der Waals surface area (Å²) in [6.45, 7) is 4.36. The molecular formula is C70H117O11P. The number of esters is 3. The second-order valence-electron chi connectivity index (χ2n) is 21.2. The lowest BCUT2D eigenvalue weighted by Gasteiger charge is -2.21. The minimum absolute atomic E-state index is 0.140. The number of allylic oxidation sites excluding steroid dienone is 20. The van der Waals surface area contributed by atoms with Gasteiger partial charge in [0, 0.05) is 19.3 Å². The molecule has 3 unspecified atom stereocenters. The molecule has 0 spiro atoms. The van der Waals surface area contributed by atoms with Crippen LogP contribution in [0.3, 0.4) is 0 Å². The van der Waals surface area contributed by atoms with Crippen molar-refractivity contribution in [2.45, 2.75) is 277 Å². The molecule has 468 valence electrons. The molecule has 3 atom stereocenters. The Bertz CT molecular complexity index is 1840. The van der Waals surface area contributed by atoms with Crippen LogP contribution < -0.4 is 0 Å². The Morgan fingerprint density at radius 3 is 0.976 bits per heavy atom. The highest BCUT2D eigenvalue weighted by molar-refractivity contribution is 7.47. The van der Waals surface area contributed by atoms with Crippen molar-refractivity contribution in [1.29, 1.82) is 0 Å². The van der Waals surface area contributed by atoms with Gasteiger partial charge in [-0.2, -0.15) is 0 Å². The normalized spacial score (nSPS) is 14.1. The molecule has 0 radical (unpaired) electrons. The average molecular weight is 1170 g/mol. The lowest BCUT2D eigenvalue weighted by atomic mass is 10.1. The van der Waals surface area contributed by atoms with Gasteiger partial charge in [-0.05, 0) is 128 Å². The summed E-state index contributed by atoms with van der Waals surface area (Å²) in [5, 5.41) is 9.87. The van der Waals surface area contributed by atoms with Crippen molar-refractivity contribution in [3.63, 3.8) is 0 Å². The molecule has 0 aromatic heterocycles. The monoisotopic (exact) mass is 1160 g/mol. The molecule has 0 heterocycles. The van der Waals surface area contributed by atoms with E-state index in [0.29, 0.717) is 19.3 Å². The summed E-state index contributed by atoms with van der Waals surface area (Å²) in [7, 11) is -4.77. The van der Waals surface area contributed by atoms with Crippen LogP contribution in [0.5, 0.6) is 0 Å². The molecule has 12 heteroatoms. The molecule has 0 bridgehead atoms. The first-order valence-electron chi connectivity index (χ1n) is 32.4. The zero-order valence-electron chi connectivity index (χ0n) is 51.9. The third kappa shape index (κ3) is 60.5. The minimum Gasteiger partial charge on any atom is -0.462 e. The maximum atomic E-state index is 13.0. The second-order valence-corrected chi connectivity index (χ2v) is 22.6. The maximum Gasteiger partial charge on any atom is 0.472 e. The standard InChI is InChI=1S/C70H117O11P/c1-4-7-10-13-16-19-22-25-28-31-33-36-39-42-45-48-51-54-57-60-69(73)80-66(62-71)64-78-82(75,76)79-65-67(63-77-68(72)59-56-53-50-47-44-41-38-35-30-27-24-21-18-15-12-9-6-3)81-70(74)61-58-55-52-49-46-43-40-37-34-32-29-26-23-20-17-14-11-8-5-2/h8-9,11-12,16-21,25-30,34,37-38,41,66-67,71H,4-7,10,13-15,22-24,31-33,35-36,39-40,42-65H2,1-3H3,(H,75,76)/b11-8-,12-9-,19-16-,20-17-,21-18-,28-25-,29-26-,30-27-,37-34-,41-38-. The molecule has 0 aliphatic heterocycles. The number of aliphatic hydroxyl groups is 1. The van der Waals surface area contributed by atoms with Gasteiger partial charge in [0.2, 0.25) is 0 Å². The fourth-order valence-electron chi connectivity index (χ4n) is 8.49. The Morgan fingerprint density at radius 1 is 0.354 bits per heavy atom. The van der Waals surface area contributed by atoms with Crippen LogP contribution in [0.2, 0.25) is 0 Å². The van der Waals surface area contributed by atoms with Crippen LogP contribution in [0, 0.1) is 0 Å². The number of rotatable bonds is 59. The molecule has 0 rings (SSSR count). The van der Waals surface area contributed by atoms with Crippen molar-refractivity contribution < 1.29 is 52.2 Å². The summed E-state index contributed by atoms with van der Waals surface area (Å²) < 4.78 is 39.7. The first kappa shape index (κ1) is 77.9. The van der Waals surface area contributed by atoms with E-state index in [4.69, 9.17) is 23.3 Å². The van der Waals surface area contributed by atoms with Crippen LogP contribution in [-0.4, -0.2) is 66.5 Å². The third-order valence-electron chi connectivity index (χ3n) is 13.3. The minimum atomic E-state index is -4.77. The predicted octanol–water partition coefficient (Wildman–Crippen LogP) is 19.9. The number of phosphoric ester groups is 1. The first-order chi connectivity index (χ1) is 40.2. The molecule has 0 aromatic carbocycles. The van der Waals surface area contributed by atoms with Crippen LogP contribution in [0.15, 0.2) is 122 Å². The largest absolute Gasteiger partial charge is 0.472 e. The van der Waals surface area contributed by atoms with Gasteiger partial charge >= 0.3 is 25.7 Å². The number of ether oxygens (including phenoxy) is 3. The summed E-state index contributed by atoms with van der Waals surface area (Å²) in [4.78, 5) is 48.8. The van der Waals surface area contributed by atoms with Crippen LogP contribution in [0.25, 0.3) is 0 Å². The van der Waals surface area contributed by atoms with Crippen LogP contribution in [0.1, 0.15) is 265 Å². The van der Waals surface area contributed by atoms with Crippen LogP contribution in [-0.2, 0) is 42.2 Å². The van der Waals surface area contributed by atoms with Crippen LogP contribution >= 0.6 is 7.82 Å². The Balaban J connectivity index is 4.76. The Morgan fingerprint density at radius 2 is 0.634 bits per heavy atom. The highest BCUT2D eigenvalue weighted by Gasteiger charge is 2.28. The molecule has 0 amide bonds. The van der Waals surface area contributed by atoms with Crippen molar-refractivity contribution in [3.05, 3.63) is 122 Å². The zero-order valence-corrected chi connectivity index (χ0v) is 52.8. The molecule has 2 N–H and O–H groups in total. The lowest BCUT2D eigenvalue weighted by Crippen LogP contribution is -2.30. The van der Waals surface area contributed by atoms with E-state index in [0.717, 1.165) is 148 Å². The molecule has 0 aromatic rings. The predicted molar refractivity (Wildman–Crippen MR) is 343 cm³/mol. The lowest BCUT2D eigenvalue weighted by molar-refractivity contribution is -0.161. The number of phosphoric acid groups is 1. The average Bonchev–Trinajstić information content (AvgIpc) is 3.50. The summed E-state index contributed by atoms with van der Waals surface area (Å²) in [5.41, 5.74) is 0. The summed E-state index contributed by atoms with van der Waals surface area (Å²) in [5.74, 6) is -1.52. The van der Waals surface area contributed by atoms with Gasteiger partial charge in [0.25, 0.3) is 0 Å². The number of unbranched alkanes of at least 4 members (excludes halogenated alkanes) is 22. The highest BCUT2D eigenvalue weighted by Crippen LogP contribution is 2.43. The highest BCUT2D eigenvalue weighted by atomic mass is 31.2. The number of hydrogen-bond acceptors (Lipinski definition) is 10. The Labute approximate surface area is 500 Å². The Kier molecular flexibility index (Phi) is 59.8. The van der Waals surface area contributed by atoms with Gasteiger partial charge in [0.1, 0.15) is 12.7 Å². The fourth-order valence-corrected chi connectivity index (χ4v) is 9.27. The zero-order chi connectivity index (χ0) is 59.8. The summed E-state index contributed by atoms with van der Waals surface area (Å²) >= 11 is 0. The quantitative estimate of drug-likeness (QED) is 0.0197. The van der Waals surface area contributed by atoms with Crippen molar-refractivity contribution in [3.8, 4) is 0 Å². The topological polar surface area (TPSA) is 155 Å². The molecule has 0 aliphatic carbocycles. The van der Waals surface area contributed by atoms with E-state index >= 15 is 0 Å². The molecule has 0 saturated heterocycles. The Hall–Kier alpha value is -4.12. The van der Waals surface area contributed by atoms with E-state index in [2.05, 4.69) is 142 Å².